The highest BCUT2D eigenvalue weighted by atomic mass is 16.5. The second-order valence-electron chi connectivity index (χ2n) is 8.75. The molecule has 1 amide bonds. The average molecular weight is 529 g/mol. The van der Waals surface area contributed by atoms with E-state index >= 15 is 0 Å². The van der Waals surface area contributed by atoms with Gasteiger partial charge in [-0.2, -0.15) is 0 Å². The van der Waals surface area contributed by atoms with Crippen molar-refractivity contribution < 1.29 is 28.8 Å². The highest BCUT2D eigenvalue weighted by Crippen LogP contribution is 2.33. The van der Waals surface area contributed by atoms with Crippen LogP contribution in [0.4, 0.5) is 0 Å². The molecule has 39 heavy (non-hydrogen) atoms. The number of carbonyl (C=O) groups is 1. The Hall–Kier alpha value is -4.53. The highest BCUT2D eigenvalue weighted by molar-refractivity contribution is 5.89. The van der Waals surface area contributed by atoms with E-state index in [1.807, 2.05) is 48.5 Å². The number of carbonyl (C=O) groups excluding carboxylic acids is 1. The predicted molar refractivity (Wildman–Crippen MR) is 148 cm³/mol. The summed E-state index contributed by atoms with van der Waals surface area (Å²) >= 11 is 0. The van der Waals surface area contributed by atoms with Crippen molar-refractivity contribution in [3.8, 4) is 23.0 Å². The van der Waals surface area contributed by atoms with Crippen LogP contribution in [0.2, 0.25) is 0 Å². The lowest BCUT2D eigenvalue weighted by molar-refractivity contribution is -0.138. The number of ether oxygens (including phenoxy) is 4. The van der Waals surface area contributed by atoms with Crippen LogP contribution in [-0.2, 0) is 10.4 Å². The predicted octanol–water partition coefficient (Wildman–Crippen LogP) is 4.37. The van der Waals surface area contributed by atoms with Gasteiger partial charge in [-0.1, -0.05) is 48.5 Å². The summed E-state index contributed by atoms with van der Waals surface area (Å²) < 4.78 is 21.1. The van der Waals surface area contributed by atoms with Gasteiger partial charge in [-0.3, -0.25) is 10.2 Å². The van der Waals surface area contributed by atoms with Gasteiger partial charge in [0.15, 0.2) is 5.60 Å². The lowest BCUT2D eigenvalue weighted by atomic mass is 9.85. The van der Waals surface area contributed by atoms with E-state index in [-0.39, 0.29) is 0 Å². The van der Waals surface area contributed by atoms with Crippen LogP contribution in [0.15, 0.2) is 97.1 Å². The Morgan fingerprint density at radius 2 is 0.897 bits per heavy atom. The smallest absolute Gasteiger partial charge is 0.275 e. The summed E-state index contributed by atoms with van der Waals surface area (Å²) in [5.41, 5.74) is 6.37. The van der Waals surface area contributed by atoms with Crippen molar-refractivity contribution in [2.24, 2.45) is 0 Å². The Bertz CT molecular complexity index is 1260. The van der Waals surface area contributed by atoms with E-state index in [1.54, 1.807) is 77.0 Å². The van der Waals surface area contributed by atoms with E-state index in [9.17, 15) is 9.90 Å². The molecule has 0 saturated heterocycles. The fraction of sp³-hybridized carbons (Fsp3) is 0.194. The molecule has 0 aromatic heterocycles. The van der Waals surface area contributed by atoms with E-state index in [0.29, 0.717) is 34.1 Å². The van der Waals surface area contributed by atoms with E-state index in [1.165, 1.54) is 0 Å². The van der Waals surface area contributed by atoms with Crippen LogP contribution >= 0.6 is 0 Å². The van der Waals surface area contributed by atoms with Gasteiger partial charge < -0.3 is 24.1 Å². The highest BCUT2D eigenvalue weighted by Gasteiger charge is 2.40. The minimum atomic E-state index is -2.02. The summed E-state index contributed by atoms with van der Waals surface area (Å²) in [4.78, 5) is 13.8. The maximum Gasteiger partial charge on any atom is 0.275 e. The summed E-state index contributed by atoms with van der Waals surface area (Å²) in [6.45, 7) is 0. The van der Waals surface area contributed by atoms with Gasteiger partial charge in [0.1, 0.15) is 23.0 Å². The van der Waals surface area contributed by atoms with Gasteiger partial charge in [-0.25, -0.2) is 5.43 Å². The first-order valence-corrected chi connectivity index (χ1v) is 12.3. The number of methoxy groups -OCH3 is 4. The number of benzene rings is 4. The Labute approximate surface area is 228 Å². The van der Waals surface area contributed by atoms with Gasteiger partial charge in [0, 0.05) is 0 Å². The average Bonchev–Trinajstić information content (AvgIpc) is 3.01. The molecule has 4 rings (SSSR count). The first kappa shape index (κ1) is 27.5. The lowest BCUT2D eigenvalue weighted by Crippen LogP contribution is -2.51. The Balaban J connectivity index is 1.68. The van der Waals surface area contributed by atoms with Gasteiger partial charge in [-0.15, -0.1) is 0 Å². The summed E-state index contributed by atoms with van der Waals surface area (Å²) in [5.74, 6) is 1.97. The number of hydrogen-bond acceptors (Lipinski definition) is 7. The summed E-state index contributed by atoms with van der Waals surface area (Å²) in [7, 11) is 6.32. The van der Waals surface area contributed by atoms with E-state index in [2.05, 4.69) is 10.9 Å². The lowest BCUT2D eigenvalue weighted by Gasteiger charge is -2.30. The molecule has 0 atom stereocenters. The fourth-order valence-corrected chi connectivity index (χ4v) is 4.27. The minimum absolute atomic E-state index is 0.373. The number of nitrogens with one attached hydrogen (secondary N) is 2. The molecule has 0 bridgehead atoms. The molecule has 4 aromatic rings. The van der Waals surface area contributed by atoms with Crippen molar-refractivity contribution in [2.75, 3.05) is 28.4 Å². The molecule has 0 aliphatic carbocycles. The van der Waals surface area contributed by atoms with Crippen LogP contribution in [0.3, 0.4) is 0 Å². The van der Waals surface area contributed by atoms with E-state index < -0.39 is 17.6 Å². The summed E-state index contributed by atoms with van der Waals surface area (Å²) in [5, 5.41) is 12.0. The molecule has 0 spiro atoms. The standard InChI is InChI=1S/C31H32N2O6/c1-36-25-13-5-21(6-14-25)29(22-7-15-26(37-2)16-8-22)32-33-30(34)31(35,23-9-17-27(38-3)18-10-23)24-11-19-28(39-4)20-12-24/h5-20,29,32,35H,1-4H3,(H,33,34). The topological polar surface area (TPSA) is 98.3 Å². The van der Waals surface area contributed by atoms with Crippen molar-refractivity contribution in [3.05, 3.63) is 119 Å². The van der Waals surface area contributed by atoms with Gasteiger partial charge >= 0.3 is 0 Å². The van der Waals surface area contributed by atoms with Crippen LogP contribution in [0.1, 0.15) is 28.3 Å². The third-order valence-corrected chi connectivity index (χ3v) is 6.57. The maximum atomic E-state index is 13.8. The van der Waals surface area contributed by atoms with Gasteiger partial charge in [-0.05, 0) is 70.8 Å². The zero-order valence-electron chi connectivity index (χ0n) is 22.3. The summed E-state index contributed by atoms with van der Waals surface area (Å²) in [6.07, 6.45) is 0. The quantitative estimate of drug-likeness (QED) is 0.249. The van der Waals surface area contributed by atoms with Crippen LogP contribution in [0, 0.1) is 0 Å². The van der Waals surface area contributed by atoms with Crippen molar-refractivity contribution in [3.63, 3.8) is 0 Å². The molecule has 0 fully saturated rings. The molecule has 3 N–H and O–H groups in total. The van der Waals surface area contributed by atoms with Crippen LogP contribution in [0.25, 0.3) is 0 Å². The molecule has 0 aliphatic heterocycles. The van der Waals surface area contributed by atoms with E-state index in [0.717, 1.165) is 11.1 Å². The van der Waals surface area contributed by atoms with Gasteiger partial charge in [0.05, 0.1) is 34.5 Å². The van der Waals surface area contributed by atoms with E-state index in [4.69, 9.17) is 18.9 Å². The second kappa shape index (κ2) is 12.3. The van der Waals surface area contributed by atoms with Crippen molar-refractivity contribution in [2.45, 2.75) is 11.6 Å². The number of aliphatic hydroxyl groups is 1. The second-order valence-corrected chi connectivity index (χ2v) is 8.75. The molecule has 8 nitrogen and oxygen atoms in total. The zero-order valence-corrected chi connectivity index (χ0v) is 22.3. The Morgan fingerprint density at radius 3 is 1.21 bits per heavy atom. The molecular weight excluding hydrogens is 496 g/mol. The molecule has 0 heterocycles. The molecule has 0 radical (unpaired) electrons. The Kier molecular flexibility index (Phi) is 8.70. The molecule has 0 aliphatic rings. The molecule has 8 heteroatoms. The first-order valence-electron chi connectivity index (χ1n) is 12.3. The molecule has 202 valence electrons. The van der Waals surface area contributed by atoms with Gasteiger partial charge in [0.2, 0.25) is 0 Å². The fourth-order valence-electron chi connectivity index (χ4n) is 4.27. The summed E-state index contributed by atoms with van der Waals surface area (Å²) in [6, 6.07) is 28.0. The number of hydrogen-bond donors (Lipinski definition) is 3. The number of hydrazine groups is 1. The largest absolute Gasteiger partial charge is 0.497 e. The molecule has 4 aromatic carbocycles. The van der Waals surface area contributed by atoms with Crippen molar-refractivity contribution in [1.29, 1.82) is 0 Å². The van der Waals surface area contributed by atoms with Crippen LogP contribution < -0.4 is 29.8 Å². The molecule has 0 saturated carbocycles. The number of amides is 1. The minimum Gasteiger partial charge on any atom is -0.497 e. The van der Waals surface area contributed by atoms with Gasteiger partial charge in [0.25, 0.3) is 5.91 Å². The zero-order chi connectivity index (χ0) is 27.8. The normalized spacial score (nSPS) is 11.1. The van der Waals surface area contributed by atoms with Crippen molar-refractivity contribution >= 4 is 5.91 Å². The SMILES string of the molecule is COc1ccc(C(NNC(=O)C(O)(c2ccc(OC)cc2)c2ccc(OC)cc2)c2ccc(OC)cc2)cc1. The molecular formula is C31H32N2O6. The van der Waals surface area contributed by atoms with Crippen LogP contribution in [0.5, 0.6) is 23.0 Å². The monoisotopic (exact) mass is 528 g/mol. The van der Waals surface area contributed by atoms with Crippen LogP contribution in [-0.4, -0.2) is 39.5 Å². The Morgan fingerprint density at radius 1 is 0.590 bits per heavy atom. The first-order chi connectivity index (χ1) is 18.9. The third-order valence-electron chi connectivity index (χ3n) is 6.57. The molecule has 0 unspecified atom stereocenters. The maximum absolute atomic E-state index is 13.8. The third kappa shape index (κ3) is 5.98. The number of rotatable bonds is 11. The van der Waals surface area contributed by atoms with Crippen molar-refractivity contribution in [1.82, 2.24) is 10.9 Å².